The highest BCUT2D eigenvalue weighted by Crippen LogP contribution is 2.32. The summed E-state index contributed by atoms with van der Waals surface area (Å²) >= 11 is 6.35. The molecule has 1 fully saturated rings. The fourth-order valence-electron chi connectivity index (χ4n) is 4.97. The number of rotatable bonds is 9. The van der Waals surface area contributed by atoms with Crippen LogP contribution < -0.4 is 4.74 Å². The van der Waals surface area contributed by atoms with Crippen LogP contribution in [0.4, 0.5) is 0 Å². The van der Waals surface area contributed by atoms with E-state index in [1.807, 2.05) is 13.0 Å². The van der Waals surface area contributed by atoms with Crippen LogP contribution in [0, 0.1) is 20.8 Å². The zero-order valence-corrected chi connectivity index (χ0v) is 22.4. The van der Waals surface area contributed by atoms with E-state index in [0.29, 0.717) is 22.9 Å². The molecule has 0 unspecified atom stereocenters. The zero-order chi connectivity index (χ0) is 25.5. The Hall–Kier alpha value is -2.88. The van der Waals surface area contributed by atoms with Crippen molar-refractivity contribution in [2.75, 3.05) is 19.6 Å². The first kappa shape index (κ1) is 26.2. The molecule has 0 amide bonds. The molecule has 0 spiro atoms. The molecule has 0 atom stereocenters. The van der Waals surface area contributed by atoms with Gasteiger partial charge in [0.25, 0.3) is 0 Å². The van der Waals surface area contributed by atoms with Crippen molar-refractivity contribution in [3.8, 4) is 16.9 Å². The van der Waals surface area contributed by atoms with Gasteiger partial charge < -0.3 is 9.64 Å². The third kappa shape index (κ3) is 6.27. The number of aldehydes is 1. The van der Waals surface area contributed by atoms with E-state index in [2.05, 4.69) is 67.3 Å². The highest BCUT2D eigenvalue weighted by Gasteiger charge is 2.13. The Balaban J connectivity index is 1.48. The van der Waals surface area contributed by atoms with Crippen LogP contribution in [0.2, 0.25) is 5.02 Å². The van der Waals surface area contributed by atoms with Crippen LogP contribution in [0.5, 0.6) is 5.75 Å². The number of aryl methyl sites for hydroxylation is 1. The van der Waals surface area contributed by atoms with Crippen molar-refractivity contribution in [2.24, 2.45) is 0 Å². The Morgan fingerprint density at radius 3 is 2.39 bits per heavy atom. The predicted octanol–water partition coefficient (Wildman–Crippen LogP) is 8.21. The molecule has 36 heavy (non-hydrogen) atoms. The number of carbonyl (C=O) groups is 1. The second-order valence-corrected chi connectivity index (χ2v) is 10.2. The van der Waals surface area contributed by atoms with E-state index < -0.39 is 0 Å². The molecule has 1 heterocycles. The number of likely N-dealkylation sites (tertiary alicyclic amines) is 1. The van der Waals surface area contributed by atoms with Gasteiger partial charge in [-0.25, -0.2) is 0 Å². The number of ether oxygens (including phenoxy) is 1. The lowest BCUT2D eigenvalue weighted by molar-refractivity contribution is 0.112. The van der Waals surface area contributed by atoms with Gasteiger partial charge in [-0.1, -0.05) is 66.6 Å². The van der Waals surface area contributed by atoms with Gasteiger partial charge in [0.15, 0.2) is 0 Å². The summed E-state index contributed by atoms with van der Waals surface area (Å²) in [6.07, 6.45) is 10.6. The van der Waals surface area contributed by atoms with Crippen LogP contribution in [0.1, 0.15) is 63.9 Å². The monoisotopic (exact) mass is 501 g/mol. The predicted molar refractivity (Wildman–Crippen MR) is 151 cm³/mol. The van der Waals surface area contributed by atoms with Crippen LogP contribution in [0.15, 0.2) is 54.6 Å². The molecule has 0 bridgehead atoms. The Bertz CT molecular complexity index is 1240. The van der Waals surface area contributed by atoms with E-state index >= 15 is 0 Å². The minimum Gasteiger partial charge on any atom is -0.487 e. The molecule has 3 aromatic rings. The van der Waals surface area contributed by atoms with E-state index in [4.69, 9.17) is 16.3 Å². The molecule has 1 aliphatic rings. The summed E-state index contributed by atoms with van der Waals surface area (Å²) in [7, 11) is 0. The minimum absolute atomic E-state index is 0.411. The maximum absolute atomic E-state index is 11.2. The molecule has 0 aliphatic carbocycles. The van der Waals surface area contributed by atoms with Gasteiger partial charge in [-0.3, -0.25) is 4.79 Å². The van der Waals surface area contributed by atoms with E-state index in [1.54, 1.807) is 6.07 Å². The summed E-state index contributed by atoms with van der Waals surface area (Å²) < 4.78 is 6.08. The maximum Gasteiger partial charge on any atom is 0.150 e. The average Bonchev–Trinajstić information content (AvgIpc) is 2.89. The van der Waals surface area contributed by atoms with Crippen LogP contribution in [0.25, 0.3) is 17.2 Å². The summed E-state index contributed by atoms with van der Waals surface area (Å²) in [6.45, 7) is 10.3. The van der Waals surface area contributed by atoms with E-state index in [-0.39, 0.29) is 0 Å². The molecule has 0 N–H and O–H groups in total. The van der Waals surface area contributed by atoms with Gasteiger partial charge in [0.1, 0.15) is 18.6 Å². The van der Waals surface area contributed by atoms with E-state index in [1.165, 1.54) is 60.2 Å². The van der Waals surface area contributed by atoms with Gasteiger partial charge >= 0.3 is 0 Å². The lowest BCUT2D eigenvalue weighted by atomic mass is 9.91. The summed E-state index contributed by atoms with van der Waals surface area (Å²) in [4.78, 5) is 13.8. The van der Waals surface area contributed by atoms with E-state index in [0.717, 1.165) is 30.4 Å². The highest BCUT2D eigenvalue weighted by molar-refractivity contribution is 6.32. The summed E-state index contributed by atoms with van der Waals surface area (Å²) in [5.41, 5.74) is 8.77. The van der Waals surface area contributed by atoms with Crippen molar-refractivity contribution < 1.29 is 9.53 Å². The summed E-state index contributed by atoms with van der Waals surface area (Å²) in [5, 5.41) is 0.451. The number of benzene rings is 3. The number of hydrogen-bond acceptors (Lipinski definition) is 3. The van der Waals surface area contributed by atoms with Crippen molar-refractivity contribution in [2.45, 2.75) is 53.1 Å². The van der Waals surface area contributed by atoms with Crippen LogP contribution in [-0.4, -0.2) is 30.8 Å². The number of hydrogen-bond donors (Lipinski definition) is 0. The molecular formula is C32H36ClNO2. The minimum atomic E-state index is 0.411. The van der Waals surface area contributed by atoms with Crippen molar-refractivity contribution in [3.05, 3.63) is 93.0 Å². The molecule has 4 heteroatoms. The first-order valence-corrected chi connectivity index (χ1v) is 13.3. The molecule has 1 aliphatic heterocycles. The lowest BCUT2D eigenvalue weighted by Gasteiger charge is -2.25. The SMILES string of the molecule is Cc1cc(OCc2cccc(-c3cccc(/C=C/CCN4CCCCC4)c3C)c2C)c(Cl)cc1C=O. The topological polar surface area (TPSA) is 29.5 Å². The van der Waals surface area contributed by atoms with Gasteiger partial charge in [-0.05, 0) is 104 Å². The highest BCUT2D eigenvalue weighted by atomic mass is 35.5. The third-order valence-electron chi connectivity index (χ3n) is 7.30. The molecule has 1 saturated heterocycles. The number of halogens is 1. The molecule has 188 valence electrons. The molecular weight excluding hydrogens is 466 g/mol. The van der Waals surface area contributed by atoms with Gasteiger partial charge in [-0.2, -0.15) is 0 Å². The number of piperidine rings is 1. The zero-order valence-electron chi connectivity index (χ0n) is 21.6. The van der Waals surface area contributed by atoms with Crippen molar-refractivity contribution in [3.63, 3.8) is 0 Å². The quantitative estimate of drug-likeness (QED) is 0.276. The third-order valence-corrected chi connectivity index (χ3v) is 7.60. The Labute approximate surface area is 220 Å². The fraction of sp³-hybridized carbons (Fsp3) is 0.344. The number of nitrogens with zero attached hydrogens (tertiary/aromatic N) is 1. The molecule has 4 rings (SSSR count). The average molecular weight is 502 g/mol. The molecule has 0 saturated carbocycles. The summed E-state index contributed by atoms with van der Waals surface area (Å²) in [5.74, 6) is 0.595. The van der Waals surface area contributed by atoms with Crippen LogP contribution in [0.3, 0.4) is 0 Å². The van der Waals surface area contributed by atoms with Gasteiger partial charge in [0.05, 0.1) is 5.02 Å². The lowest BCUT2D eigenvalue weighted by Crippen LogP contribution is -2.30. The second-order valence-electron chi connectivity index (χ2n) is 9.75. The van der Waals surface area contributed by atoms with Crippen molar-refractivity contribution in [1.82, 2.24) is 4.90 Å². The fourth-order valence-corrected chi connectivity index (χ4v) is 5.20. The Kier molecular flexibility index (Phi) is 9.01. The first-order valence-electron chi connectivity index (χ1n) is 12.9. The molecule has 3 nitrogen and oxygen atoms in total. The van der Waals surface area contributed by atoms with E-state index in [9.17, 15) is 4.79 Å². The van der Waals surface area contributed by atoms with Crippen molar-refractivity contribution in [1.29, 1.82) is 0 Å². The Morgan fingerprint density at radius 1 is 0.917 bits per heavy atom. The summed E-state index contributed by atoms with van der Waals surface area (Å²) in [6, 6.07) is 16.4. The molecule has 0 aromatic heterocycles. The standard InChI is InChI=1S/C32H36ClNO2/c1-23-19-32(31(33)20-28(23)21-35)36-22-27-13-10-15-30(25(27)3)29-14-9-12-26(24(29)2)11-5-8-18-34-16-6-4-7-17-34/h5,9-15,19-21H,4,6-8,16-18,22H2,1-3H3/b11-5+. The largest absolute Gasteiger partial charge is 0.487 e. The first-order chi connectivity index (χ1) is 17.5. The van der Waals surface area contributed by atoms with Gasteiger partial charge in [0.2, 0.25) is 0 Å². The second kappa shape index (κ2) is 12.4. The van der Waals surface area contributed by atoms with Gasteiger partial charge in [0, 0.05) is 12.1 Å². The maximum atomic E-state index is 11.2. The van der Waals surface area contributed by atoms with Gasteiger partial charge in [-0.15, -0.1) is 0 Å². The molecule has 3 aromatic carbocycles. The normalized spacial score (nSPS) is 14.3. The molecule has 0 radical (unpaired) electrons. The van der Waals surface area contributed by atoms with Crippen LogP contribution >= 0.6 is 11.6 Å². The smallest absolute Gasteiger partial charge is 0.150 e. The van der Waals surface area contributed by atoms with Crippen molar-refractivity contribution >= 4 is 24.0 Å². The van der Waals surface area contributed by atoms with Crippen LogP contribution in [-0.2, 0) is 6.61 Å². The Morgan fingerprint density at radius 2 is 1.64 bits per heavy atom. The number of carbonyl (C=O) groups excluding carboxylic acids is 1.